The molecule has 0 spiro atoms. The van der Waals surface area contributed by atoms with Gasteiger partial charge in [-0.05, 0) is 69.8 Å². The van der Waals surface area contributed by atoms with E-state index < -0.39 is 17.6 Å². The van der Waals surface area contributed by atoms with Crippen LogP contribution in [0.4, 0.5) is 19.4 Å². The molecule has 1 saturated heterocycles. The molecule has 1 saturated carbocycles. The maximum atomic E-state index is 14.0. The Morgan fingerprint density at radius 1 is 1.12 bits per heavy atom. The van der Waals surface area contributed by atoms with Crippen molar-refractivity contribution in [3.63, 3.8) is 0 Å². The normalized spacial score (nSPS) is 22.0. The number of halogens is 4. The van der Waals surface area contributed by atoms with Gasteiger partial charge in [0.15, 0.2) is 17.0 Å². The molecule has 0 bridgehead atoms. The largest absolute Gasteiger partial charge is 0.444 e. The number of alkyl halides is 2. The van der Waals surface area contributed by atoms with Gasteiger partial charge in [0.05, 0.1) is 6.33 Å². The van der Waals surface area contributed by atoms with Crippen molar-refractivity contribution in [3.05, 3.63) is 46.5 Å². The van der Waals surface area contributed by atoms with Crippen LogP contribution in [-0.2, 0) is 11.3 Å². The van der Waals surface area contributed by atoms with Gasteiger partial charge >= 0.3 is 6.09 Å². The first kappa shape index (κ1) is 31.7. The zero-order valence-corrected chi connectivity index (χ0v) is 26.9. The van der Waals surface area contributed by atoms with Gasteiger partial charge in [-0.2, -0.15) is 9.97 Å². The zero-order valence-electron chi connectivity index (χ0n) is 25.4. The predicted molar refractivity (Wildman–Crippen MR) is 164 cm³/mol. The zero-order chi connectivity index (χ0) is 31.3. The number of anilines is 1. The number of carbonyl (C=O) groups excluding carboxylic acids is 1. The molecule has 2 aliphatic rings. The number of likely N-dealkylation sites (N-methyl/N-ethyl adjacent to an activating group) is 1. The number of fused-ring (bicyclic) bond motifs is 1. The molecular formula is C30H39Cl2F2N7O2. The van der Waals surface area contributed by atoms with Gasteiger partial charge in [-0.15, -0.1) is 0 Å². The van der Waals surface area contributed by atoms with Crippen LogP contribution >= 0.6 is 23.2 Å². The minimum Gasteiger partial charge on any atom is -0.444 e. The van der Waals surface area contributed by atoms with Crippen molar-refractivity contribution in [2.75, 3.05) is 31.6 Å². The third-order valence-corrected chi connectivity index (χ3v) is 8.66. The van der Waals surface area contributed by atoms with E-state index in [1.54, 1.807) is 13.4 Å². The van der Waals surface area contributed by atoms with Gasteiger partial charge in [-0.3, -0.25) is 4.90 Å². The molecule has 9 nitrogen and oxygen atoms in total. The molecule has 43 heavy (non-hydrogen) atoms. The predicted octanol–water partition coefficient (Wildman–Crippen LogP) is 6.69. The second-order valence-electron chi connectivity index (χ2n) is 12.9. The first-order chi connectivity index (χ1) is 20.1. The van der Waals surface area contributed by atoms with E-state index in [9.17, 15) is 13.6 Å². The Labute approximate surface area is 261 Å². The number of rotatable bonds is 7. The number of imidazole rings is 1. The van der Waals surface area contributed by atoms with E-state index >= 15 is 0 Å². The number of amides is 1. The lowest BCUT2D eigenvalue weighted by Gasteiger charge is -2.52. The topological polar surface area (TPSA) is 79.6 Å². The first-order valence-electron chi connectivity index (χ1n) is 14.6. The lowest BCUT2D eigenvalue weighted by Crippen LogP contribution is -2.59. The van der Waals surface area contributed by atoms with Crippen molar-refractivity contribution in [2.24, 2.45) is 5.92 Å². The van der Waals surface area contributed by atoms with Gasteiger partial charge in [-0.1, -0.05) is 23.7 Å². The Morgan fingerprint density at radius 2 is 1.79 bits per heavy atom. The summed E-state index contributed by atoms with van der Waals surface area (Å²) in [6, 6.07) is 7.43. The fourth-order valence-corrected chi connectivity index (χ4v) is 6.40. The number of benzene rings is 1. The highest BCUT2D eigenvalue weighted by molar-refractivity contribution is 6.30. The molecule has 1 amide bonds. The highest BCUT2D eigenvalue weighted by atomic mass is 35.5. The molecule has 0 N–H and O–H groups in total. The standard InChI is InChI=1S/C30H39Cl2F2N7O2/c1-18-16-41(19(2)15-40(18)24(21-13-30(33,34)14-21)20-7-9-22(31)10-8-20)26-23-25(36-27(32)37-26)39(17-35-23)12-11-38(6)28(42)43-29(3,4)5/h7-10,17-19,21,24H,11-16H2,1-6H3/t18-,19+,24?/m1/s1. The summed E-state index contributed by atoms with van der Waals surface area (Å²) in [5.41, 5.74) is 1.61. The smallest absolute Gasteiger partial charge is 0.410 e. The summed E-state index contributed by atoms with van der Waals surface area (Å²) in [6.07, 6.45) is 1.03. The minimum atomic E-state index is -2.62. The maximum absolute atomic E-state index is 14.0. The van der Waals surface area contributed by atoms with Gasteiger partial charge in [0.2, 0.25) is 11.2 Å². The van der Waals surface area contributed by atoms with E-state index in [1.807, 2.05) is 49.6 Å². The van der Waals surface area contributed by atoms with Crippen molar-refractivity contribution in [1.29, 1.82) is 0 Å². The van der Waals surface area contributed by atoms with Crippen molar-refractivity contribution in [3.8, 4) is 0 Å². The lowest BCUT2D eigenvalue weighted by molar-refractivity contribution is -0.137. The summed E-state index contributed by atoms with van der Waals surface area (Å²) in [5, 5.41) is 0.719. The summed E-state index contributed by atoms with van der Waals surface area (Å²) < 4.78 is 35.4. The van der Waals surface area contributed by atoms with Crippen LogP contribution in [-0.4, -0.2) is 85.7 Å². The molecule has 1 unspecified atom stereocenters. The highest BCUT2D eigenvalue weighted by Crippen LogP contribution is 2.51. The maximum Gasteiger partial charge on any atom is 0.410 e. The average Bonchev–Trinajstić information content (AvgIpc) is 3.30. The van der Waals surface area contributed by atoms with Crippen molar-refractivity contribution in [2.45, 2.75) is 83.7 Å². The molecular weight excluding hydrogens is 599 g/mol. The molecule has 3 heterocycles. The Balaban J connectivity index is 1.36. The highest BCUT2D eigenvalue weighted by Gasteiger charge is 2.51. The monoisotopic (exact) mass is 637 g/mol. The molecule has 0 radical (unpaired) electrons. The Hall–Kier alpha value is -2.76. The number of carbonyl (C=O) groups is 1. The molecule has 2 fully saturated rings. The third-order valence-electron chi connectivity index (χ3n) is 8.24. The number of piperazine rings is 1. The number of aromatic nitrogens is 4. The molecule has 1 aromatic carbocycles. The van der Waals surface area contributed by atoms with E-state index in [4.69, 9.17) is 27.9 Å². The summed E-state index contributed by atoms with van der Waals surface area (Å²) in [4.78, 5) is 32.2. The molecule has 3 aromatic rings. The summed E-state index contributed by atoms with van der Waals surface area (Å²) in [6.45, 7) is 11.8. The van der Waals surface area contributed by atoms with Crippen LogP contribution in [0, 0.1) is 5.92 Å². The number of nitrogens with zero attached hydrogens (tertiary/aromatic N) is 7. The Morgan fingerprint density at radius 3 is 2.42 bits per heavy atom. The Bertz CT molecular complexity index is 1460. The molecule has 3 atom stereocenters. The van der Waals surface area contributed by atoms with E-state index in [-0.39, 0.29) is 42.2 Å². The van der Waals surface area contributed by atoms with Crippen LogP contribution in [0.15, 0.2) is 30.6 Å². The average molecular weight is 639 g/mol. The lowest BCUT2D eigenvalue weighted by atomic mass is 9.73. The molecule has 234 valence electrons. The second kappa shape index (κ2) is 12.0. The number of hydrogen-bond acceptors (Lipinski definition) is 7. The van der Waals surface area contributed by atoms with Gasteiger partial charge in [0.1, 0.15) is 5.60 Å². The van der Waals surface area contributed by atoms with E-state index in [1.165, 1.54) is 4.90 Å². The van der Waals surface area contributed by atoms with Gasteiger partial charge in [0, 0.05) is 69.2 Å². The summed E-state index contributed by atoms with van der Waals surface area (Å²) in [7, 11) is 1.69. The summed E-state index contributed by atoms with van der Waals surface area (Å²) >= 11 is 12.6. The van der Waals surface area contributed by atoms with Crippen LogP contribution < -0.4 is 4.90 Å². The van der Waals surface area contributed by atoms with E-state index in [0.717, 1.165) is 5.56 Å². The van der Waals surface area contributed by atoms with Crippen molar-refractivity contribution < 1.29 is 18.3 Å². The summed E-state index contributed by atoms with van der Waals surface area (Å²) in [5.74, 6) is -2.13. The van der Waals surface area contributed by atoms with Gasteiger partial charge in [0.25, 0.3) is 0 Å². The van der Waals surface area contributed by atoms with Crippen LogP contribution in [0.1, 0.15) is 59.1 Å². The minimum absolute atomic E-state index is 0.01000. The first-order valence-corrected chi connectivity index (χ1v) is 15.4. The number of hydrogen-bond donors (Lipinski definition) is 0. The van der Waals surface area contributed by atoms with E-state index in [2.05, 4.69) is 38.6 Å². The number of ether oxygens (including phenoxy) is 1. The van der Waals surface area contributed by atoms with E-state index in [0.29, 0.717) is 48.2 Å². The molecule has 13 heteroatoms. The fraction of sp³-hybridized carbons (Fsp3) is 0.600. The van der Waals surface area contributed by atoms with Gasteiger partial charge < -0.3 is 19.1 Å². The fourth-order valence-electron chi connectivity index (χ4n) is 6.12. The van der Waals surface area contributed by atoms with Crippen LogP contribution in [0.2, 0.25) is 10.3 Å². The molecule has 1 aliphatic heterocycles. The third kappa shape index (κ3) is 6.99. The quantitative estimate of drug-likeness (QED) is 0.267. The van der Waals surface area contributed by atoms with Crippen LogP contribution in [0.25, 0.3) is 11.2 Å². The molecule has 1 aliphatic carbocycles. The SMILES string of the molecule is C[C@@H]1CN(c2nc(Cl)nc3c2ncn3CCN(C)C(=O)OC(C)(C)C)[C@@H](C)CN1C(c1ccc(Cl)cc1)C1CC(F)(F)C1. The van der Waals surface area contributed by atoms with Crippen LogP contribution in [0.3, 0.4) is 0 Å². The second-order valence-corrected chi connectivity index (χ2v) is 13.7. The van der Waals surface area contributed by atoms with Crippen molar-refractivity contribution in [1.82, 2.24) is 29.3 Å². The van der Waals surface area contributed by atoms with Crippen molar-refractivity contribution >= 4 is 46.3 Å². The van der Waals surface area contributed by atoms with Crippen LogP contribution in [0.5, 0.6) is 0 Å². The van der Waals surface area contributed by atoms with Gasteiger partial charge in [-0.25, -0.2) is 18.6 Å². The molecule has 2 aromatic heterocycles. The molecule has 5 rings (SSSR count). The Kier molecular flexibility index (Phi) is 8.81.